The summed E-state index contributed by atoms with van der Waals surface area (Å²) in [5, 5.41) is 11.4. The molecule has 1 N–H and O–H groups in total. The van der Waals surface area contributed by atoms with Crippen LogP contribution in [0.2, 0.25) is 0 Å². The number of ether oxygens (including phenoxy) is 1. The number of rotatable bonds is 3. The highest BCUT2D eigenvalue weighted by Crippen LogP contribution is 2.40. The molecule has 1 atom stereocenters. The quantitative estimate of drug-likeness (QED) is 0.496. The van der Waals surface area contributed by atoms with Gasteiger partial charge in [0.15, 0.2) is 5.76 Å². The highest BCUT2D eigenvalue weighted by Gasteiger charge is 2.32. The summed E-state index contributed by atoms with van der Waals surface area (Å²) in [4.78, 5) is 15.3. The summed E-state index contributed by atoms with van der Waals surface area (Å²) in [6, 6.07) is 10.8. The van der Waals surface area contributed by atoms with E-state index in [1.807, 2.05) is 24.3 Å². The fourth-order valence-corrected chi connectivity index (χ4v) is 4.72. The predicted octanol–water partition coefficient (Wildman–Crippen LogP) is 5.75. The second-order valence-corrected chi connectivity index (χ2v) is 9.11. The monoisotopic (exact) mass is 467 g/mol. The summed E-state index contributed by atoms with van der Waals surface area (Å²) in [5.74, 6) is 1.82. The van der Waals surface area contributed by atoms with Crippen molar-refractivity contribution in [3.05, 3.63) is 63.5 Å². The Kier molecular flexibility index (Phi) is 4.91. The molecule has 0 saturated carbocycles. The van der Waals surface area contributed by atoms with E-state index < -0.39 is 0 Å². The van der Waals surface area contributed by atoms with Crippen LogP contribution in [-0.4, -0.2) is 28.9 Å². The molecular formula is C24H22BrNO4. The Morgan fingerprint density at radius 1 is 1.27 bits per heavy atom. The van der Waals surface area contributed by atoms with Gasteiger partial charge in [-0.1, -0.05) is 22.9 Å². The van der Waals surface area contributed by atoms with Gasteiger partial charge in [0, 0.05) is 29.0 Å². The summed E-state index contributed by atoms with van der Waals surface area (Å²) in [5.41, 5.74) is 1.90. The first-order chi connectivity index (χ1) is 14.5. The van der Waals surface area contributed by atoms with Crippen LogP contribution in [0.1, 0.15) is 41.4 Å². The lowest BCUT2D eigenvalue weighted by atomic mass is 9.99. The number of phenols is 1. The van der Waals surface area contributed by atoms with Crippen LogP contribution in [0.3, 0.4) is 0 Å². The van der Waals surface area contributed by atoms with E-state index in [4.69, 9.17) is 9.15 Å². The maximum absolute atomic E-state index is 12.9. The SMILES string of the molecule is C[C@@H]1CCCN(Cc2c(O)ccc3c2OC(=Cc2cc4cc(Br)ccc4o2)C3=O)C1. The van der Waals surface area contributed by atoms with Crippen LogP contribution in [0.5, 0.6) is 11.5 Å². The maximum Gasteiger partial charge on any atom is 0.232 e. The number of fused-ring (bicyclic) bond motifs is 2. The fraction of sp³-hybridized carbons (Fsp3) is 0.292. The van der Waals surface area contributed by atoms with Crippen LogP contribution in [0.25, 0.3) is 17.0 Å². The number of piperidine rings is 1. The van der Waals surface area contributed by atoms with Gasteiger partial charge in [0.25, 0.3) is 0 Å². The molecular weight excluding hydrogens is 446 g/mol. The number of phenolic OH excluding ortho intramolecular Hbond substituents is 1. The number of aromatic hydroxyl groups is 1. The molecule has 0 amide bonds. The van der Waals surface area contributed by atoms with Crippen molar-refractivity contribution < 1.29 is 19.1 Å². The van der Waals surface area contributed by atoms with Crippen LogP contribution in [-0.2, 0) is 6.54 Å². The minimum Gasteiger partial charge on any atom is -0.507 e. The van der Waals surface area contributed by atoms with Gasteiger partial charge in [-0.05, 0) is 61.7 Å². The number of carbonyl (C=O) groups is 1. The van der Waals surface area contributed by atoms with E-state index in [0.29, 0.717) is 35.1 Å². The molecule has 0 aliphatic carbocycles. The number of ketones is 1. The number of likely N-dealkylation sites (tertiary alicyclic amines) is 1. The van der Waals surface area contributed by atoms with Crippen LogP contribution < -0.4 is 4.74 Å². The van der Waals surface area contributed by atoms with Crippen molar-refractivity contribution in [2.75, 3.05) is 13.1 Å². The smallest absolute Gasteiger partial charge is 0.232 e. The first-order valence-electron chi connectivity index (χ1n) is 10.2. The van der Waals surface area contributed by atoms with Crippen molar-refractivity contribution in [3.63, 3.8) is 0 Å². The molecule has 5 rings (SSSR count). The van der Waals surface area contributed by atoms with Gasteiger partial charge in [0.1, 0.15) is 22.8 Å². The van der Waals surface area contributed by atoms with E-state index in [-0.39, 0.29) is 17.3 Å². The average Bonchev–Trinajstić information content (AvgIpc) is 3.25. The lowest BCUT2D eigenvalue weighted by molar-refractivity contribution is 0.101. The molecule has 5 nitrogen and oxygen atoms in total. The molecule has 1 saturated heterocycles. The molecule has 2 aliphatic rings. The molecule has 2 aliphatic heterocycles. The number of nitrogens with zero attached hydrogens (tertiary/aromatic N) is 1. The second-order valence-electron chi connectivity index (χ2n) is 8.19. The normalized spacial score (nSPS) is 20.7. The van der Waals surface area contributed by atoms with Gasteiger partial charge >= 0.3 is 0 Å². The highest BCUT2D eigenvalue weighted by atomic mass is 79.9. The van der Waals surface area contributed by atoms with Crippen LogP contribution in [0, 0.1) is 5.92 Å². The average molecular weight is 468 g/mol. The van der Waals surface area contributed by atoms with Crippen molar-refractivity contribution in [1.29, 1.82) is 0 Å². The minimum absolute atomic E-state index is 0.162. The van der Waals surface area contributed by atoms with Crippen LogP contribution >= 0.6 is 15.9 Å². The van der Waals surface area contributed by atoms with Crippen molar-refractivity contribution in [2.45, 2.75) is 26.3 Å². The van der Waals surface area contributed by atoms with E-state index in [2.05, 4.69) is 27.8 Å². The summed E-state index contributed by atoms with van der Waals surface area (Å²) >= 11 is 3.45. The molecule has 2 aromatic carbocycles. The molecule has 0 spiro atoms. The highest BCUT2D eigenvalue weighted by molar-refractivity contribution is 9.10. The summed E-state index contributed by atoms with van der Waals surface area (Å²) < 4.78 is 12.8. The zero-order chi connectivity index (χ0) is 20.8. The largest absolute Gasteiger partial charge is 0.507 e. The zero-order valence-electron chi connectivity index (χ0n) is 16.7. The number of hydrogen-bond acceptors (Lipinski definition) is 5. The molecule has 30 heavy (non-hydrogen) atoms. The van der Waals surface area contributed by atoms with E-state index in [1.165, 1.54) is 6.42 Å². The van der Waals surface area contributed by atoms with Crippen LogP contribution in [0.15, 0.2) is 51.0 Å². The molecule has 0 bridgehead atoms. The Morgan fingerprint density at radius 3 is 2.97 bits per heavy atom. The summed E-state index contributed by atoms with van der Waals surface area (Å²) in [7, 11) is 0. The van der Waals surface area contributed by atoms with Gasteiger partial charge in [-0.3, -0.25) is 9.69 Å². The molecule has 154 valence electrons. The second kappa shape index (κ2) is 7.60. The predicted molar refractivity (Wildman–Crippen MR) is 119 cm³/mol. The fourth-order valence-electron chi connectivity index (χ4n) is 4.34. The zero-order valence-corrected chi connectivity index (χ0v) is 18.2. The van der Waals surface area contributed by atoms with Crippen molar-refractivity contribution in [1.82, 2.24) is 4.90 Å². The third kappa shape index (κ3) is 3.55. The standard InChI is InChI=1S/C24H22BrNO4/c1-14-3-2-8-26(12-14)13-19-20(27)6-5-18-23(28)22(30-24(18)19)11-17-10-15-9-16(25)4-7-21(15)29-17/h4-7,9-11,14,27H,2-3,8,12-13H2,1H3/t14-/m1/s1. The van der Waals surface area contributed by atoms with Gasteiger partial charge in [0.2, 0.25) is 5.78 Å². The maximum atomic E-state index is 12.9. The molecule has 0 radical (unpaired) electrons. The minimum atomic E-state index is -0.195. The third-order valence-corrected chi connectivity index (χ3v) is 6.30. The Hall–Kier alpha value is -2.57. The number of allylic oxidation sites excluding steroid dienone is 1. The van der Waals surface area contributed by atoms with Crippen molar-refractivity contribution in [3.8, 4) is 11.5 Å². The molecule has 3 heterocycles. The lowest BCUT2D eigenvalue weighted by Crippen LogP contribution is -2.33. The van der Waals surface area contributed by atoms with Crippen molar-refractivity contribution >= 4 is 38.8 Å². The lowest BCUT2D eigenvalue weighted by Gasteiger charge is -2.31. The van der Waals surface area contributed by atoms with E-state index in [0.717, 1.165) is 35.0 Å². The Labute approximate surface area is 183 Å². The number of carbonyl (C=O) groups excluding carboxylic acids is 1. The Balaban J connectivity index is 1.46. The van der Waals surface area contributed by atoms with Gasteiger partial charge in [-0.2, -0.15) is 0 Å². The van der Waals surface area contributed by atoms with E-state index in [9.17, 15) is 9.90 Å². The molecule has 6 heteroatoms. The topological polar surface area (TPSA) is 62.9 Å². The van der Waals surface area contributed by atoms with Crippen molar-refractivity contribution in [2.24, 2.45) is 5.92 Å². The summed E-state index contributed by atoms with van der Waals surface area (Å²) in [6.07, 6.45) is 4.00. The first kappa shape index (κ1) is 19.4. The third-order valence-electron chi connectivity index (χ3n) is 5.81. The number of furan rings is 1. The number of benzene rings is 2. The molecule has 1 aromatic heterocycles. The molecule has 0 unspecified atom stereocenters. The Bertz CT molecular complexity index is 1180. The molecule has 1 fully saturated rings. The van der Waals surface area contributed by atoms with Gasteiger partial charge < -0.3 is 14.3 Å². The van der Waals surface area contributed by atoms with Gasteiger partial charge in [-0.15, -0.1) is 0 Å². The van der Waals surface area contributed by atoms with E-state index in [1.54, 1.807) is 18.2 Å². The van der Waals surface area contributed by atoms with E-state index >= 15 is 0 Å². The first-order valence-corrected chi connectivity index (χ1v) is 11.0. The van der Waals surface area contributed by atoms with Gasteiger partial charge in [-0.25, -0.2) is 0 Å². The Morgan fingerprint density at radius 2 is 2.13 bits per heavy atom. The summed E-state index contributed by atoms with van der Waals surface area (Å²) in [6.45, 7) is 4.78. The molecule has 3 aromatic rings. The van der Waals surface area contributed by atoms with Gasteiger partial charge in [0.05, 0.1) is 11.1 Å². The number of halogens is 1. The number of hydrogen-bond donors (Lipinski definition) is 1. The van der Waals surface area contributed by atoms with Crippen LogP contribution in [0.4, 0.5) is 0 Å². The number of Topliss-reactive ketones (excluding diaryl/α,β-unsaturated/α-hetero) is 1.